The molecule has 4 aromatic carbocycles. The third-order valence-electron chi connectivity index (χ3n) is 4.78. The molecular weight excluding hydrogens is 346 g/mol. The molecule has 0 spiro atoms. The van der Waals surface area contributed by atoms with Crippen LogP contribution in [-0.2, 0) is 0 Å². The van der Waals surface area contributed by atoms with Crippen LogP contribution in [0.2, 0.25) is 0 Å². The standard InChI is InChI=1S/C24H17N3O/c28-24-20(18-11-5-2-6-12-18)15-19(17-9-3-1-4-10-17)16-23(24)27-25-21-13-7-8-14-22(21)26-27/h1-16,28H. The fourth-order valence-corrected chi connectivity index (χ4v) is 3.37. The molecule has 5 aromatic rings. The van der Waals surface area contributed by atoms with Gasteiger partial charge in [0.2, 0.25) is 0 Å². The fourth-order valence-electron chi connectivity index (χ4n) is 3.37. The number of rotatable bonds is 3. The van der Waals surface area contributed by atoms with Gasteiger partial charge < -0.3 is 5.11 Å². The zero-order valence-electron chi connectivity index (χ0n) is 15.0. The van der Waals surface area contributed by atoms with Gasteiger partial charge in [-0.3, -0.25) is 0 Å². The van der Waals surface area contributed by atoms with Crippen molar-refractivity contribution in [3.05, 3.63) is 97.1 Å². The molecule has 0 atom stereocenters. The van der Waals surface area contributed by atoms with E-state index in [1.165, 1.54) is 4.80 Å². The third-order valence-corrected chi connectivity index (χ3v) is 4.78. The minimum atomic E-state index is 0.159. The molecular formula is C24H17N3O. The lowest BCUT2D eigenvalue weighted by Gasteiger charge is -2.13. The number of benzene rings is 4. The first kappa shape index (κ1) is 16.3. The Morgan fingerprint density at radius 1 is 0.571 bits per heavy atom. The van der Waals surface area contributed by atoms with Crippen molar-refractivity contribution in [2.45, 2.75) is 0 Å². The van der Waals surface area contributed by atoms with Gasteiger partial charge in [-0.2, -0.15) is 0 Å². The first-order chi connectivity index (χ1) is 13.8. The van der Waals surface area contributed by atoms with Crippen molar-refractivity contribution in [3.8, 4) is 33.7 Å². The SMILES string of the molecule is Oc1c(-c2ccccc2)cc(-c2ccccc2)cc1-n1nc2ccccc2n1. The minimum Gasteiger partial charge on any atom is -0.505 e. The number of fused-ring (bicyclic) bond motifs is 1. The summed E-state index contributed by atoms with van der Waals surface area (Å²) < 4.78 is 0. The lowest BCUT2D eigenvalue weighted by Crippen LogP contribution is -2.00. The summed E-state index contributed by atoms with van der Waals surface area (Å²) in [4.78, 5) is 1.51. The number of hydrogen-bond donors (Lipinski definition) is 1. The van der Waals surface area contributed by atoms with Gasteiger partial charge in [0.05, 0.1) is 0 Å². The van der Waals surface area contributed by atoms with Gasteiger partial charge in [-0.25, -0.2) is 0 Å². The first-order valence-corrected chi connectivity index (χ1v) is 9.10. The summed E-state index contributed by atoms with van der Waals surface area (Å²) in [6, 6.07) is 31.6. The first-order valence-electron chi connectivity index (χ1n) is 9.10. The molecule has 5 rings (SSSR count). The Labute approximate surface area is 162 Å². The van der Waals surface area contributed by atoms with E-state index in [-0.39, 0.29) is 5.75 Å². The highest BCUT2D eigenvalue weighted by Crippen LogP contribution is 2.38. The molecule has 4 heteroatoms. The molecule has 0 aliphatic heterocycles. The van der Waals surface area contributed by atoms with Crippen LogP contribution < -0.4 is 0 Å². The molecule has 0 radical (unpaired) electrons. The van der Waals surface area contributed by atoms with Crippen LogP contribution in [0.15, 0.2) is 97.1 Å². The topological polar surface area (TPSA) is 50.9 Å². The molecule has 4 nitrogen and oxygen atoms in total. The van der Waals surface area contributed by atoms with E-state index >= 15 is 0 Å². The summed E-state index contributed by atoms with van der Waals surface area (Å²) in [7, 11) is 0. The summed E-state index contributed by atoms with van der Waals surface area (Å²) in [5, 5.41) is 20.2. The van der Waals surface area contributed by atoms with Gasteiger partial charge in [0.25, 0.3) is 0 Å². The van der Waals surface area contributed by atoms with E-state index in [4.69, 9.17) is 0 Å². The average molecular weight is 363 g/mol. The summed E-state index contributed by atoms with van der Waals surface area (Å²) in [5.41, 5.74) is 5.87. The van der Waals surface area contributed by atoms with Gasteiger partial charge in [-0.15, -0.1) is 15.0 Å². The second-order valence-corrected chi connectivity index (χ2v) is 6.60. The number of phenols is 1. The smallest absolute Gasteiger partial charge is 0.150 e. The van der Waals surface area contributed by atoms with Crippen LogP contribution in [0.1, 0.15) is 0 Å². The Hall–Kier alpha value is -3.92. The molecule has 0 bridgehead atoms. The van der Waals surface area contributed by atoms with Gasteiger partial charge in [0, 0.05) is 5.56 Å². The Kier molecular flexibility index (Phi) is 3.87. The molecule has 1 heterocycles. The van der Waals surface area contributed by atoms with Crippen molar-refractivity contribution < 1.29 is 5.11 Å². The normalized spacial score (nSPS) is 11.0. The van der Waals surface area contributed by atoms with Crippen molar-refractivity contribution in [1.29, 1.82) is 0 Å². The Bertz CT molecular complexity index is 1230. The van der Waals surface area contributed by atoms with E-state index in [0.29, 0.717) is 5.69 Å². The van der Waals surface area contributed by atoms with Crippen LogP contribution in [0.25, 0.3) is 39.0 Å². The highest BCUT2D eigenvalue weighted by molar-refractivity contribution is 5.82. The molecule has 0 aliphatic carbocycles. The average Bonchev–Trinajstić information content (AvgIpc) is 3.19. The minimum absolute atomic E-state index is 0.159. The molecule has 0 saturated carbocycles. The molecule has 1 N–H and O–H groups in total. The Morgan fingerprint density at radius 2 is 1.11 bits per heavy atom. The number of nitrogens with zero attached hydrogens (tertiary/aromatic N) is 3. The van der Waals surface area contributed by atoms with Crippen molar-refractivity contribution in [2.24, 2.45) is 0 Å². The van der Waals surface area contributed by atoms with Crippen LogP contribution in [0.5, 0.6) is 5.75 Å². The van der Waals surface area contributed by atoms with E-state index in [2.05, 4.69) is 22.3 Å². The van der Waals surface area contributed by atoms with Gasteiger partial charge in [-0.1, -0.05) is 72.8 Å². The molecule has 0 fully saturated rings. The number of aromatic nitrogens is 3. The maximum absolute atomic E-state index is 11.1. The van der Waals surface area contributed by atoms with Gasteiger partial charge in [-0.05, 0) is 41.0 Å². The van der Waals surface area contributed by atoms with Crippen molar-refractivity contribution >= 4 is 11.0 Å². The number of aromatic hydroxyl groups is 1. The van der Waals surface area contributed by atoms with Crippen LogP contribution in [0.4, 0.5) is 0 Å². The predicted octanol–water partition coefficient (Wildman–Crippen LogP) is 5.46. The van der Waals surface area contributed by atoms with E-state index in [1.807, 2.05) is 84.9 Å². The molecule has 1 aromatic heterocycles. The van der Waals surface area contributed by atoms with E-state index < -0.39 is 0 Å². The number of phenolic OH excluding ortho intramolecular Hbond substituents is 1. The van der Waals surface area contributed by atoms with Crippen molar-refractivity contribution in [2.75, 3.05) is 0 Å². The zero-order valence-corrected chi connectivity index (χ0v) is 15.0. The summed E-state index contributed by atoms with van der Waals surface area (Å²) in [6.45, 7) is 0. The molecule has 0 aliphatic rings. The zero-order chi connectivity index (χ0) is 18.9. The van der Waals surface area contributed by atoms with Gasteiger partial charge in [0.1, 0.15) is 16.7 Å². The lowest BCUT2D eigenvalue weighted by atomic mass is 9.97. The largest absolute Gasteiger partial charge is 0.505 e. The summed E-state index contributed by atoms with van der Waals surface area (Å²) in [5.74, 6) is 0.159. The van der Waals surface area contributed by atoms with Crippen LogP contribution in [0.3, 0.4) is 0 Å². The second kappa shape index (κ2) is 6.67. The predicted molar refractivity (Wildman–Crippen MR) is 111 cm³/mol. The molecule has 0 saturated heterocycles. The summed E-state index contributed by atoms with van der Waals surface area (Å²) in [6.07, 6.45) is 0. The van der Waals surface area contributed by atoms with E-state index in [1.54, 1.807) is 0 Å². The fraction of sp³-hybridized carbons (Fsp3) is 0. The molecule has 0 unspecified atom stereocenters. The van der Waals surface area contributed by atoms with Crippen molar-refractivity contribution in [1.82, 2.24) is 15.0 Å². The second-order valence-electron chi connectivity index (χ2n) is 6.60. The van der Waals surface area contributed by atoms with Gasteiger partial charge in [0.15, 0.2) is 5.75 Å². The van der Waals surface area contributed by atoms with Crippen LogP contribution >= 0.6 is 0 Å². The summed E-state index contributed by atoms with van der Waals surface area (Å²) >= 11 is 0. The van der Waals surface area contributed by atoms with Crippen LogP contribution in [-0.4, -0.2) is 20.1 Å². The van der Waals surface area contributed by atoms with E-state index in [9.17, 15) is 5.11 Å². The molecule has 0 amide bonds. The van der Waals surface area contributed by atoms with Crippen LogP contribution in [0, 0.1) is 0 Å². The van der Waals surface area contributed by atoms with E-state index in [0.717, 1.165) is 33.3 Å². The highest BCUT2D eigenvalue weighted by Gasteiger charge is 2.16. The quantitative estimate of drug-likeness (QED) is 0.463. The highest BCUT2D eigenvalue weighted by atomic mass is 16.3. The molecule has 28 heavy (non-hydrogen) atoms. The Balaban J connectivity index is 1.78. The maximum atomic E-state index is 11.1. The third kappa shape index (κ3) is 2.81. The lowest BCUT2D eigenvalue weighted by molar-refractivity contribution is 0.470. The maximum Gasteiger partial charge on any atom is 0.150 e. The van der Waals surface area contributed by atoms with Gasteiger partial charge >= 0.3 is 0 Å². The Morgan fingerprint density at radius 3 is 1.71 bits per heavy atom. The monoisotopic (exact) mass is 363 g/mol. The molecule has 134 valence electrons. The number of hydrogen-bond acceptors (Lipinski definition) is 3. The van der Waals surface area contributed by atoms with Crippen molar-refractivity contribution in [3.63, 3.8) is 0 Å².